The number of alkyl halides is 3. The second-order valence-electron chi connectivity index (χ2n) is 4.59. The molecule has 0 saturated carbocycles. The van der Waals surface area contributed by atoms with E-state index in [1.54, 1.807) is 0 Å². The second kappa shape index (κ2) is 10.1. The molecule has 0 aliphatic carbocycles. The Kier molecular flexibility index (Phi) is 9.30. The number of hydrogen-bond donors (Lipinski definition) is 1. The first kappa shape index (κ1) is 22.1. The number of likely N-dealkylation sites (N-methyl/N-ethyl adjacent to an activating group) is 1. The number of carbonyl (C=O) groups excluding carboxylic acids is 1. The lowest BCUT2D eigenvalue weighted by molar-refractivity contribution is -0.138. The van der Waals surface area contributed by atoms with Crippen LogP contribution in [0.1, 0.15) is 25.0 Å². The number of aryl methyl sites for hydroxylation is 1. The van der Waals surface area contributed by atoms with Gasteiger partial charge in [0.15, 0.2) is 6.29 Å². The van der Waals surface area contributed by atoms with Gasteiger partial charge in [0.05, 0.1) is 12.1 Å². The van der Waals surface area contributed by atoms with Gasteiger partial charge >= 0.3 is 12.2 Å². The summed E-state index contributed by atoms with van der Waals surface area (Å²) in [7, 11) is 4.29. The van der Waals surface area contributed by atoms with E-state index in [2.05, 4.69) is 10.3 Å². The number of amides is 2. The predicted molar refractivity (Wildman–Crippen MR) is 84.8 cm³/mol. The molecule has 0 atom stereocenters. The van der Waals surface area contributed by atoms with E-state index in [1.165, 1.54) is 33.1 Å². The van der Waals surface area contributed by atoms with Gasteiger partial charge in [0, 0.05) is 27.5 Å². The summed E-state index contributed by atoms with van der Waals surface area (Å²) in [5.41, 5.74) is -0.857. The normalized spacial score (nSPS) is 10.9. The van der Waals surface area contributed by atoms with E-state index in [-0.39, 0.29) is 17.9 Å². The number of halogens is 3. The maximum absolute atomic E-state index is 12.8. The summed E-state index contributed by atoms with van der Waals surface area (Å²) >= 11 is 0. The molecule has 9 heteroatoms. The van der Waals surface area contributed by atoms with Crippen molar-refractivity contribution in [2.24, 2.45) is 0 Å². The van der Waals surface area contributed by atoms with E-state index in [4.69, 9.17) is 9.47 Å². The van der Waals surface area contributed by atoms with Crippen molar-refractivity contribution in [2.75, 3.05) is 33.1 Å². The summed E-state index contributed by atoms with van der Waals surface area (Å²) in [6.07, 6.45) is -4.08. The van der Waals surface area contributed by atoms with Gasteiger partial charge in [-0.25, -0.2) is 9.78 Å². The van der Waals surface area contributed by atoms with Crippen LogP contribution in [-0.2, 0) is 15.7 Å². The van der Waals surface area contributed by atoms with Crippen molar-refractivity contribution in [2.45, 2.75) is 33.2 Å². The van der Waals surface area contributed by atoms with E-state index in [0.29, 0.717) is 0 Å². The van der Waals surface area contributed by atoms with Crippen LogP contribution in [0, 0.1) is 6.92 Å². The Morgan fingerprint density at radius 2 is 1.88 bits per heavy atom. The number of nitrogens with one attached hydrogen (secondary N) is 1. The van der Waals surface area contributed by atoms with Gasteiger partial charge in [0.2, 0.25) is 0 Å². The molecule has 0 fully saturated rings. The zero-order valence-corrected chi connectivity index (χ0v) is 14.7. The van der Waals surface area contributed by atoms with E-state index in [0.717, 1.165) is 12.3 Å². The Morgan fingerprint density at radius 1 is 1.33 bits per heavy atom. The quantitative estimate of drug-likeness (QED) is 0.825. The molecular weight excluding hydrogens is 327 g/mol. The van der Waals surface area contributed by atoms with E-state index in [9.17, 15) is 18.0 Å². The summed E-state index contributed by atoms with van der Waals surface area (Å²) < 4.78 is 48.3. The molecule has 1 N–H and O–H groups in total. The van der Waals surface area contributed by atoms with Crippen molar-refractivity contribution in [3.63, 3.8) is 0 Å². The molecule has 1 rings (SSSR count). The molecule has 2 amide bonds. The average molecular weight is 351 g/mol. The van der Waals surface area contributed by atoms with Crippen LogP contribution in [0.3, 0.4) is 0 Å². The smallest absolute Gasteiger partial charge is 0.354 e. The van der Waals surface area contributed by atoms with Crippen LogP contribution in [0.15, 0.2) is 12.3 Å². The Labute approximate surface area is 140 Å². The van der Waals surface area contributed by atoms with Gasteiger partial charge in [-0.05, 0) is 18.6 Å². The molecule has 0 unspecified atom stereocenters. The van der Waals surface area contributed by atoms with Crippen LogP contribution in [0.4, 0.5) is 23.8 Å². The molecule has 0 bridgehead atoms. The highest BCUT2D eigenvalue weighted by molar-refractivity contribution is 5.88. The number of nitrogens with zero attached hydrogens (tertiary/aromatic N) is 2. The number of carbonyl (C=O) groups is 1. The molecular formula is C15H24F3N3O3. The van der Waals surface area contributed by atoms with Crippen LogP contribution in [0.2, 0.25) is 0 Å². The van der Waals surface area contributed by atoms with Crippen molar-refractivity contribution in [3.05, 3.63) is 23.4 Å². The summed E-state index contributed by atoms with van der Waals surface area (Å²) in [4.78, 5) is 16.9. The zero-order chi connectivity index (χ0) is 18.9. The average Bonchev–Trinajstić information content (AvgIpc) is 2.54. The van der Waals surface area contributed by atoms with Crippen molar-refractivity contribution in [3.8, 4) is 0 Å². The number of ether oxygens (including phenoxy) is 2. The van der Waals surface area contributed by atoms with Crippen LogP contribution < -0.4 is 5.32 Å². The highest BCUT2D eigenvalue weighted by atomic mass is 19.4. The van der Waals surface area contributed by atoms with Crippen LogP contribution in [0.25, 0.3) is 0 Å². The molecule has 0 aliphatic heterocycles. The molecule has 0 spiro atoms. The Balaban J connectivity index is 0.00000254. The number of rotatable bonds is 5. The van der Waals surface area contributed by atoms with Gasteiger partial charge in [0.1, 0.15) is 5.82 Å². The first-order valence-electron chi connectivity index (χ1n) is 7.30. The predicted octanol–water partition coefficient (Wildman–Crippen LogP) is 3.52. The molecule has 6 nitrogen and oxygen atoms in total. The van der Waals surface area contributed by atoms with Gasteiger partial charge in [0.25, 0.3) is 0 Å². The van der Waals surface area contributed by atoms with Gasteiger partial charge < -0.3 is 14.4 Å². The summed E-state index contributed by atoms with van der Waals surface area (Å²) in [6.45, 7) is 5.41. The van der Waals surface area contributed by atoms with Crippen molar-refractivity contribution < 1.29 is 27.4 Å². The lowest BCUT2D eigenvalue weighted by Gasteiger charge is -2.22. The molecule has 1 aromatic heterocycles. The monoisotopic (exact) mass is 351 g/mol. The van der Waals surface area contributed by atoms with Gasteiger partial charge in [-0.1, -0.05) is 13.8 Å². The lowest BCUT2D eigenvalue weighted by atomic mass is 10.1. The Bertz CT molecular complexity index is 520. The first-order chi connectivity index (χ1) is 11.2. The molecule has 0 saturated heterocycles. The van der Waals surface area contributed by atoms with Gasteiger partial charge in [-0.2, -0.15) is 13.2 Å². The molecule has 0 aliphatic rings. The Morgan fingerprint density at radius 3 is 2.33 bits per heavy atom. The van der Waals surface area contributed by atoms with Crippen molar-refractivity contribution in [1.82, 2.24) is 9.88 Å². The van der Waals surface area contributed by atoms with E-state index >= 15 is 0 Å². The fourth-order valence-electron chi connectivity index (χ4n) is 1.65. The third-order valence-electron chi connectivity index (χ3n) is 2.94. The number of methoxy groups -OCH3 is 2. The molecule has 138 valence electrons. The van der Waals surface area contributed by atoms with E-state index in [1.807, 2.05) is 13.8 Å². The fraction of sp³-hybridized carbons (Fsp3) is 0.600. The second-order valence-corrected chi connectivity index (χ2v) is 4.59. The number of urea groups is 1. The molecule has 24 heavy (non-hydrogen) atoms. The number of hydrogen-bond acceptors (Lipinski definition) is 4. The zero-order valence-electron chi connectivity index (χ0n) is 14.7. The minimum absolute atomic E-state index is 0.0160. The third kappa shape index (κ3) is 6.71. The van der Waals surface area contributed by atoms with Crippen LogP contribution in [0.5, 0.6) is 0 Å². The maximum Gasteiger partial charge on any atom is 0.416 e. The SMILES string of the molecule is CC.COC(CN(C)C(=O)Nc1cc(C(F)(F)F)c(C)cn1)OC. The number of pyridine rings is 1. The summed E-state index contributed by atoms with van der Waals surface area (Å²) in [5, 5.41) is 2.30. The van der Waals surface area contributed by atoms with Crippen molar-refractivity contribution >= 4 is 11.8 Å². The van der Waals surface area contributed by atoms with Crippen LogP contribution in [-0.4, -0.2) is 50.0 Å². The molecule has 0 radical (unpaired) electrons. The minimum Gasteiger partial charge on any atom is -0.354 e. The van der Waals surface area contributed by atoms with Gasteiger partial charge in [-0.3, -0.25) is 5.32 Å². The number of aromatic nitrogens is 1. The van der Waals surface area contributed by atoms with Crippen LogP contribution >= 0.6 is 0 Å². The summed E-state index contributed by atoms with van der Waals surface area (Å²) in [6, 6.07) is 0.175. The highest BCUT2D eigenvalue weighted by Gasteiger charge is 2.33. The molecule has 1 heterocycles. The maximum atomic E-state index is 12.8. The largest absolute Gasteiger partial charge is 0.416 e. The first-order valence-corrected chi connectivity index (χ1v) is 7.30. The topological polar surface area (TPSA) is 63.7 Å². The standard InChI is InChI=1S/C13H18F3N3O3.C2H6/c1-8-6-17-10(5-9(8)13(14,15)16)18-12(20)19(2)7-11(21-3)22-4;1-2/h5-6,11H,7H2,1-4H3,(H,17,18,20);1-2H3. The van der Waals surface area contributed by atoms with E-state index < -0.39 is 24.1 Å². The minimum atomic E-state index is -4.50. The number of anilines is 1. The molecule has 1 aromatic rings. The Hall–Kier alpha value is -1.87. The lowest BCUT2D eigenvalue weighted by Crippen LogP contribution is -2.38. The highest BCUT2D eigenvalue weighted by Crippen LogP contribution is 2.32. The van der Waals surface area contributed by atoms with Gasteiger partial charge in [-0.15, -0.1) is 0 Å². The summed E-state index contributed by atoms with van der Waals surface area (Å²) in [5.74, 6) is -0.179. The van der Waals surface area contributed by atoms with Crippen molar-refractivity contribution in [1.29, 1.82) is 0 Å². The fourth-order valence-corrected chi connectivity index (χ4v) is 1.65. The third-order valence-corrected chi connectivity index (χ3v) is 2.94. The molecule has 0 aromatic carbocycles.